The first-order valence-electron chi connectivity index (χ1n) is 5.82. The third-order valence-corrected chi connectivity index (χ3v) is 2.80. The first-order chi connectivity index (χ1) is 7.85. The van der Waals surface area contributed by atoms with Crippen LogP contribution in [0.15, 0.2) is 10.5 Å². The number of furan rings is 1. The molecule has 0 radical (unpaired) electrons. The largest absolute Gasteiger partial charge is 0.466 e. The highest BCUT2D eigenvalue weighted by Crippen LogP contribution is 2.19. The zero-order valence-corrected chi connectivity index (χ0v) is 11.0. The van der Waals surface area contributed by atoms with Crippen LogP contribution >= 0.6 is 0 Å². The Labute approximate surface area is 102 Å². The molecule has 0 bridgehead atoms. The van der Waals surface area contributed by atoms with Gasteiger partial charge in [-0.1, -0.05) is 13.8 Å². The number of carbonyl (C=O) groups excluding carboxylic acids is 1. The molecule has 0 aliphatic heterocycles. The minimum absolute atomic E-state index is 0.100. The molecule has 1 aromatic rings. The van der Waals surface area contributed by atoms with Crippen molar-refractivity contribution in [3.8, 4) is 0 Å². The Kier molecular flexibility index (Phi) is 4.34. The van der Waals surface area contributed by atoms with Gasteiger partial charge in [-0.15, -0.1) is 0 Å². The smallest absolute Gasteiger partial charge is 0.254 e. The number of aliphatic hydroxyl groups is 1. The molecule has 1 rings (SSSR count). The van der Waals surface area contributed by atoms with E-state index in [1.54, 1.807) is 13.0 Å². The second kappa shape index (κ2) is 5.36. The lowest BCUT2D eigenvalue weighted by molar-refractivity contribution is 0.0926. The van der Waals surface area contributed by atoms with Crippen LogP contribution in [-0.4, -0.2) is 24.2 Å². The standard InChI is InChI=1S/C13H21NO3/c1-9-7-11(10(2)17-9)12(16)14-8-13(3,4)5-6-15/h7,15H,5-6,8H2,1-4H3,(H,14,16). The predicted octanol–water partition coefficient (Wildman–Crippen LogP) is 2.03. The molecule has 0 atom stereocenters. The molecule has 1 aromatic heterocycles. The SMILES string of the molecule is Cc1cc(C(=O)NCC(C)(C)CCO)c(C)o1. The number of nitrogens with one attached hydrogen (secondary N) is 1. The molecular weight excluding hydrogens is 218 g/mol. The summed E-state index contributed by atoms with van der Waals surface area (Å²) in [5.74, 6) is 1.26. The Hall–Kier alpha value is -1.29. The van der Waals surface area contributed by atoms with Crippen molar-refractivity contribution in [2.45, 2.75) is 34.1 Å². The first kappa shape index (κ1) is 13.8. The van der Waals surface area contributed by atoms with Gasteiger partial charge in [0.2, 0.25) is 0 Å². The molecule has 4 nitrogen and oxygen atoms in total. The third-order valence-electron chi connectivity index (χ3n) is 2.80. The lowest BCUT2D eigenvalue weighted by Crippen LogP contribution is -2.34. The maximum Gasteiger partial charge on any atom is 0.254 e. The van der Waals surface area contributed by atoms with Gasteiger partial charge in [0.25, 0.3) is 5.91 Å². The van der Waals surface area contributed by atoms with Crippen LogP contribution in [0.4, 0.5) is 0 Å². The quantitative estimate of drug-likeness (QED) is 0.826. The number of aryl methyl sites for hydroxylation is 2. The van der Waals surface area contributed by atoms with Crippen molar-refractivity contribution in [2.75, 3.05) is 13.2 Å². The highest BCUT2D eigenvalue weighted by Gasteiger charge is 2.20. The number of hydrogen-bond donors (Lipinski definition) is 2. The van der Waals surface area contributed by atoms with E-state index in [-0.39, 0.29) is 17.9 Å². The maximum atomic E-state index is 11.9. The molecule has 0 aliphatic rings. The van der Waals surface area contributed by atoms with E-state index in [0.29, 0.717) is 24.3 Å². The highest BCUT2D eigenvalue weighted by atomic mass is 16.3. The van der Waals surface area contributed by atoms with Crippen molar-refractivity contribution in [3.63, 3.8) is 0 Å². The summed E-state index contributed by atoms with van der Waals surface area (Å²) in [6.07, 6.45) is 0.663. The zero-order chi connectivity index (χ0) is 13.1. The van der Waals surface area contributed by atoms with E-state index in [2.05, 4.69) is 5.32 Å². The summed E-state index contributed by atoms with van der Waals surface area (Å²) in [4.78, 5) is 11.9. The molecule has 4 heteroatoms. The molecule has 0 aromatic carbocycles. The van der Waals surface area contributed by atoms with Gasteiger partial charge in [0.05, 0.1) is 5.56 Å². The van der Waals surface area contributed by atoms with Crippen LogP contribution in [0.2, 0.25) is 0 Å². The van der Waals surface area contributed by atoms with E-state index in [1.165, 1.54) is 0 Å². The third kappa shape index (κ3) is 3.89. The lowest BCUT2D eigenvalue weighted by atomic mass is 9.89. The number of hydrogen-bond acceptors (Lipinski definition) is 3. The minimum Gasteiger partial charge on any atom is -0.466 e. The number of amides is 1. The Morgan fingerprint density at radius 3 is 2.59 bits per heavy atom. The van der Waals surface area contributed by atoms with Crippen molar-refractivity contribution >= 4 is 5.91 Å². The average molecular weight is 239 g/mol. The van der Waals surface area contributed by atoms with E-state index in [0.717, 1.165) is 5.76 Å². The van der Waals surface area contributed by atoms with Gasteiger partial charge in [0.15, 0.2) is 0 Å². The van der Waals surface area contributed by atoms with Gasteiger partial charge >= 0.3 is 0 Å². The molecule has 0 saturated heterocycles. The molecule has 17 heavy (non-hydrogen) atoms. The van der Waals surface area contributed by atoms with Gasteiger partial charge in [-0.2, -0.15) is 0 Å². The van der Waals surface area contributed by atoms with Crippen LogP contribution in [0.1, 0.15) is 42.1 Å². The van der Waals surface area contributed by atoms with Crippen LogP contribution in [0, 0.1) is 19.3 Å². The first-order valence-corrected chi connectivity index (χ1v) is 5.82. The second-order valence-corrected chi connectivity index (χ2v) is 5.15. The monoisotopic (exact) mass is 239 g/mol. The summed E-state index contributed by atoms with van der Waals surface area (Å²) in [5, 5.41) is 11.8. The van der Waals surface area contributed by atoms with Gasteiger partial charge in [-0.05, 0) is 31.7 Å². The van der Waals surface area contributed by atoms with E-state index in [1.807, 2.05) is 20.8 Å². The number of rotatable bonds is 5. The molecule has 0 aliphatic carbocycles. The summed E-state index contributed by atoms with van der Waals surface area (Å²) >= 11 is 0. The molecule has 1 heterocycles. The van der Waals surface area contributed by atoms with Crippen LogP contribution < -0.4 is 5.32 Å². The fourth-order valence-electron chi connectivity index (χ4n) is 1.66. The maximum absolute atomic E-state index is 11.9. The number of aliphatic hydroxyl groups excluding tert-OH is 1. The molecule has 2 N–H and O–H groups in total. The van der Waals surface area contributed by atoms with Crippen LogP contribution in [0.5, 0.6) is 0 Å². The predicted molar refractivity (Wildman–Crippen MR) is 66.0 cm³/mol. The Balaban J connectivity index is 2.59. The average Bonchev–Trinajstić information content (AvgIpc) is 2.54. The Morgan fingerprint density at radius 1 is 1.47 bits per heavy atom. The van der Waals surface area contributed by atoms with Crippen molar-refractivity contribution in [3.05, 3.63) is 23.2 Å². The number of carbonyl (C=O) groups is 1. The topological polar surface area (TPSA) is 62.5 Å². The van der Waals surface area contributed by atoms with E-state index in [9.17, 15) is 4.79 Å². The molecule has 0 saturated carbocycles. The molecule has 0 fully saturated rings. The zero-order valence-electron chi connectivity index (χ0n) is 11.0. The van der Waals surface area contributed by atoms with Crippen molar-refractivity contribution in [2.24, 2.45) is 5.41 Å². The van der Waals surface area contributed by atoms with Crippen LogP contribution in [0.3, 0.4) is 0 Å². The van der Waals surface area contributed by atoms with Crippen molar-refractivity contribution in [1.29, 1.82) is 0 Å². The van der Waals surface area contributed by atoms with Crippen LogP contribution in [0.25, 0.3) is 0 Å². The summed E-state index contributed by atoms with van der Waals surface area (Å²) in [6.45, 7) is 8.29. The summed E-state index contributed by atoms with van der Waals surface area (Å²) in [7, 11) is 0. The lowest BCUT2D eigenvalue weighted by Gasteiger charge is -2.23. The van der Waals surface area contributed by atoms with E-state index in [4.69, 9.17) is 9.52 Å². The summed E-state index contributed by atoms with van der Waals surface area (Å²) in [5.41, 5.74) is 0.485. The molecule has 0 spiro atoms. The van der Waals surface area contributed by atoms with E-state index >= 15 is 0 Å². The Morgan fingerprint density at radius 2 is 2.12 bits per heavy atom. The van der Waals surface area contributed by atoms with Gasteiger partial charge in [0.1, 0.15) is 11.5 Å². The highest BCUT2D eigenvalue weighted by molar-refractivity contribution is 5.95. The normalized spacial score (nSPS) is 11.6. The summed E-state index contributed by atoms with van der Waals surface area (Å²) < 4.78 is 5.31. The van der Waals surface area contributed by atoms with Gasteiger partial charge < -0.3 is 14.8 Å². The van der Waals surface area contributed by atoms with Gasteiger partial charge in [-0.25, -0.2) is 0 Å². The fraction of sp³-hybridized carbons (Fsp3) is 0.615. The van der Waals surface area contributed by atoms with Gasteiger partial charge in [0, 0.05) is 13.2 Å². The fourth-order valence-corrected chi connectivity index (χ4v) is 1.66. The van der Waals surface area contributed by atoms with Gasteiger partial charge in [-0.3, -0.25) is 4.79 Å². The molecular formula is C13H21NO3. The molecule has 96 valence electrons. The van der Waals surface area contributed by atoms with Crippen molar-refractivity contribution in [1.82, 2.24) is 5.32 Å². The molecule has 1 amide bonds. The van der Waals surface area contributed by atoms with Crippen LogP contribution in [-0.2, 0) is 0 Å². The molecule has 0 unspecified atom stereocenters. The second-order valence-electron chi connectivity index (χ2n) is 5.15. The Bertz CT molecular complexity index is 393. The minimum atomic E-state index is -0.120. The van der Waals surface area contributed by atoms with E-state index < -0.39 is 0 Å². The van der Waals surface area contributed by atoms with Crippen molar-refractivity contribution < 1.29 is 14.3 Å². The summed E-state index contributed by atoms with van der Waals surface area (Å²) in [6, 6.07) is 1.74.